The van der Waals surface area contributed by atoms with Gasteiger partial charge in [0.25, 0.3) is 0 Å². The highest BCUT2D eigenvalue weighted by molar-refractivity contribution is 7.89. The van der Waals surface area contributed by atoms with Crippen molar-refractivity contribution < 1.29 is 17.2 Å². The fourth-order valence-corrected chi connectivity index (χ4v) is 7.88. The molecule has 2 saturated carbocycles. The monoisotopic (exact) mass is 457 g/mol. The van der Waals surface area contributed by atoms with Crippen LogP contribution in [-0.2, 0) is 10.0 Å². The maximum absolute atomic E-state index is 14.1. The van der Waals surface area contributed by atoms with Gasteiger partial charge in [-0.15, -0.1) is 0 Å². The van der Waals surface area contributed by atoms with Crippen molar-refractivity contribution in [2.75, 3.05) is 0 Å². The van der Waals surface area contributed by atoms with Gasteiger partial charge in [0.15, 0.2) is 0 Å². The van der Waals surface area contributed by atoms with E-state index < -0.39 is 15.8 Å². The number of hydrogen-bond acceptors (Lipinski definition) is 2. The van der Waals surface area contributed by atoms with Crippen LogP contribution in [0.15, 0.2) is 52.9 Å². The first-order chi connectivity index (χ1) is 15.3. The van der Waals surface area contributed by atoms with Gasteiger partial charge in [-0.05, 0) is 110 Å². The van der Waals surface area contributed by atoms with E-state index in [0.717, 1.165) is 37.7 Å². The molecule has 0 amide bonds. The quantitative estimate of drug-likeness (QED) is 0.596. The second-order valence-electron chi connectivity index (χ2n) is 9.72. The number of sulfonamides is 1. The van der Waals surface area contributed by atoms with E-state index in [1.54, 1.807) is 12.1 Å². The van der Waals surface area contributed by atoms with Gasteiger partial charge in [0, 0.05) is 12.0 Å². The summed E-state index contributed by atoms with van der Waals surface area (Å²) in [6.07, 6.45) is 4.71. The summed E-state index contributed by atoms with van der Waals surface area (Å²) >= 11 is 0. The summed E-state index contributed by atoms with van der Waals surface area (Å²) in [5, 5.41) is 0. The highest BCUT2D eigenvalue weighted by Gasteiger charge is 2.45. The molecule has 0 aliphatic heterocycles. The fraction of sp³-hybridized carbons (Fsp3) is 0.462. The lowest BCUT2D eigenvalue weighted by Gasteiger charge is -2.19. The van der Waals surface area contributed by atoms with Gasteiger partial charge >= 0.3 is 0 Å². The van der Waals surface area contributed by atoms with Gasteiger partial charge < -0.3 is 0 Å². The van der Waals surface area contributed by atoms with Gasteiger partial charge in [0.05, 0.1) is 4.90 Å². The second-order valence-corrected chi connectivity index (χ2v) is 11.4. The predicted octanol–water partition coefficient (Wildman–Crippen LogP) is 6.03. The standard InChI is InChI=1S/C26H29F2NO2S/c1-3-23-15(2)26(25-14-20(28)6-9-24(23)25)18-10-16-12-21(13-17(16)11-18)29-32(30,31)22-7-4-19(27)5-8-22/h4-9,14,16-18,21,23,29H,3,10-13H2,1-2H3. The van der Waals surface area contributed by atoms with Gasteiger partial charge in [-0.3, -0.25) is 0 Å². The van der Waals surface area contributed by atoms with E-state index >= 15 is 0 Å². The molecule has 2 aromatic carbocycles. The largest absolute Gasteiger partial charge is 0.240 e. The van der Waals surface area contributed by atoms with Crippen LogP contribution >= 0.6 is 0 Å². The van der Waals surface area contributed by atoms with E-state index in [1.165, 1.54) is 41.0 Å². The maximum Gasteiger partial charge on any atom is 0.240 e. The summed E-state index contributed by atoms with van der Waals surface area (Å²) in [4.78, 5) is 0.102. The Morgan fingerprint density at radius 1 is 0.938 bits per heavy atom. The Morgan fingerprint density at radius 2 is 1.56 bits per heavy atom. The normalized spacial score (nSPS) is 29.4. The van der Waals surface area contributed by atoms with E-state index in [0.29, 0.717) is 23.7 Å². The zero-order chi connectivity index (χ0) is 22.6. The molecular weight excluding hydrogens is 428 g/mol. The van der Waals surface area contributed by atoms with Gasteiger partial charge in [0.1, 0.15) is 11.6 Å². The smallest absolute Gasteiger partial charge is 0.208 e. The van der Waals surface area contributed by atoms with Crippen LogP contribution in [0.3, 0.4) is 0 Å². The number of hydrogen-bond donors (Lipinski definition) is 1. The summed E-state index contributed by atoms with van der Waals surface area (Å²) in [6, 6.07) is 10.1. The van der Waals surface area contributed by atoms with Crippen molar-refractivity contribution in [3.05, 3.63) is 70.8 Å². The van der Waals surface area contributed by atoms with E-state index in [2.05, 4.69) is 18.6 Å². The van der Waals surface area contributed by atoms with Crippen LogP contribution in [0, 0.1) is 29.4 Å². The Balaban J connectivity index is 1.30. The van der Waals surface area contributed by atoms with Gasteiger partial charge in [-0.1, -0.05) is 18.6 Å². The van der Waals surface area contributed by atoms with Crippen LogP contribution in [0.25, 0.3) is 5.57 Å². The Morgan fingerprint density at radius 3 is 2.19 bits per heavy atom. The highest BCUT2D eigenvalue weighted by atomic mass is 32.2. The minimum atomic E-state index is -3.65. The molecule has 1 N–H and O–H groups in total. The van der Waals surface area contributed by atoms with E-state index in [-0.39, 0.29) is 16.8 Å². The van der Waals surface area contributed by atoms with Crippen molar-refractivity contribution in [2.24, 2.45) is 17.8 Å². The SMILES string of the molecule is CCC1C(C)=C(C2CC3CC(NS(=O)(=O)c4ccc(F)cc4)CC3C2)c2cc(F)ccc21. The van der Waals surface area contributed by atoms with Crippen LogP contribution in [0.2, 0.25) is 0 Å². The van der Waals surface area contributed by atoms with E-state index in [1.807, 2.05) is 6.07 Å². The third kappa shape index (κ3) is 3.71. The van der Waals surface area contributed by atoms with Crippen molar-refractivity contribution in [2.45, 2.75) is 62.8 Å². The van der Waals surface area contributed by atoms with Crippen molar-refractivity contribution >= 4 is 15.6 Å². The Kier molecular flexibility index (Phi) is 5.49. The molecule has 3 nitrogen and oxygen atoms in total. The number of fused-ring (bicyclic) bond motifs is 2. The molecule has 3 unspecified atom stereocenters. The summed E-state index contributed by atoms with van der Waals surface area (Å²) < 4.78 is 55.5. The van der Waals surface area contributed by atoms with Gasteiger partial charge in [0.2, 0.25) is 10.0 Å². The molecule has 0 heterocycles. The number of benzene rings is 2. The highest BCUT2D eigenvalue weighted by Crippen LogP contribution is 2.55. The third-order valence-corrected chi connectivity index (χ3v) is 9.44. The van der Waals surface area contributed by atoms with Gasteiger partial charge in [-0.2, -0.15) is 0 Å². The summed E-state index contributed by atoms with van der Waals surface area (Å²) in [7, 11) is -3.65. The van der Waals surface area contributed by atoms with Crippen molar-refractivity contribution in [1.29, 1.82) is 0 Å². The van der Waals surface area contributed by atoms with Crippen LogP contribution in [0.5, 0.6) is 0 Å². The van der Waals surface area contributed by atoms with Crippen LogP contribution < -0.4 is 4.72 Å². The summed E-state index contributed by atoms with van der Waals surface area (Å²) in [5.74, 6) is 1.10. The summed E-state index contributed by atoms with van der Waals surface area (Å²) in [6.45, 7) is 4.39. The Labute approximate surface area is 189 Å². The fourth-order valence-electron chi connectivity index (χ4n) is 6.62. The Bertz CT molecular complexity index is 1160. The van der Waals surface area contributed by atoms with E-state index in [9.17, 15) is 17.2 Å². The minimum absolute atomic E-state index is 0.0900. The number of allylic oxidation sites excluding steroid dienone is 2. The summed E-state index contributed by atoms with van der Waals surface area (Å²) in [5.41, 5.74) is 5.06. The van der Waals surface area contributed by atoms with Crippen molar-refractivity contribution in [1.82, 2.24) is 4.72 Å². The molecular formula is C26H29F2NO2S. The average Bonchev–Trinajstić information content (AvgIpc) is 3.36. The van der Waals surface area contributed by atoms with Crippen LogP contribution in [0.1, 0.15) is 63.0 Å². The van der Waals surface area contributed by atoms with Crippen molar-refractivity contribution in [3.8, 4) is 0 Å². The number of rotatable bonds is 5. The first-order valence-electron chi connectivity index (χ1n) is 11.5. The second kappa shape index (κ2) is 8.07. The van der Waals surface area contributed by atoms with Gasteiger partial charge in [-0.25, -0.2) is 21.9 Å². The lowest BCUT2D eigenvalue weighted by atomic mass is 9.88. The maximum atomic E-state index is 14.1. The van der Waals surface area contributed by atoms with Crippen LogP contribution in [0.4, 0.5) is 8.78 Å². The number of nitrogens with one attached hydrogen (secondary N) is 1. The molecule has 0 spiro atoms. The van der Waals surface area contributed by atoms with Crippen molar-refractivity contribution in [3.63, 3.8) is 0 Å². The Hall–Kier alpha value is -2.05. The van der Waals surface area contributed by atoms with Crippen LogP contribution in [-0.4, -0.2) is 14.5 Å². The molecule has 3 atom stereocenters. The molecule has 0 aromatic heterocycles. The molecule has 3 aliphatic carbocycles. The zero-order valence-electron chi connectivity index (χ0n) is 18.4. The zero-order valence-corrected chi connectivity index (χ0v) is 19.3. The molecule has 32 heavy (non-hydrogen) atoms. The third-order valence-electron chi connectivity index (χ3n) is 7.91. The molecule has 2 fully saturated rings. The first kappa shape index (κ1) is 21.8. The molecule has 0 radical (unpaired) electrons. The molecule has 0 saturated heterocycles. The molecule has 3 aliphatic rings. The first-order valence-corrected chi connectivity index (χ1v) is 13.0. The molecule has 5 rings (SSSR count). The molecule has 0 bridgehead atoms. The number of halogens is 2. The van der Waals surface area contributed by atoms with E-state index in [4.69, 9.17) is 0 Å². The lowest BCUT2D eigenvalue weighted by molar-refractivity contribution is 0.457. The minimum Gasteiger partial charge on any atom is -0.208 e. The predicted molar refractivity (Wildman–Crippen MR) is 121 cm³/mol. The molecule has 170 valence electrons. The lowest BCUT2D eigenvalue weighted by Crippen LogP contribution is -2.33. The average molecular weight is 458 g/mol. The topological polar surface area (TPSA) is 46.2 Å². The molecule has 2 aromatic rings. The molecule has 6 heteroatoms.